The summed E-state index contributed by atoms with van der Waals surface area (Å²) in [6, 6.07) is 10.9. The number of pyridine rings is 1. The molecular weight excluding hydrogens is 408 g/mol. The van der Waals surface area contributed by atoms with E-state index in [-0.39, 0.29) is 17.4 Å². The minimum Gasteiger partial charge on any atom is -0.361 e. The third-order valence-corrected chi connectivity index (χ3v) is 6.78. The normalized spacial score (nSPS) is 17.1. The van der Waals surface area contributed by atoms with Crippen molar-refractivity contribution in [1.29, 1.82) is 0 Å². The maximum atomic E-state index is 13.2. The molecule has 0 spiro atoms. The van der Waals surface area contributed by atoms with Crippen molar-refractivity contribution in [2.45, 2.75) is 37.2 Å². The lowest BCUT2D eigenvalue weighted by molar-refractivity contribution is 0.483. The highest BCUT2D eigenvalue weighted by Crippen LogP contribution is 2.39. The van der Waals surface area contributed by atoms with Gasteiger partial charge in [-0.15, -0.1) is 0 Å². The molecule has 3 aromatic rings. The van der Waals surface area contributed by atoms with E-state index in [0.717, 1.165) is 18.4 Å². The predicted molar refractivity (Wildman–Crippen MR) is 119 cm³/mol. The fraction of sp³-hybridized carbons (Fsp3) is 0.333. The number of anilines is 1. The van der Waals surface area contributed by atoms with Gasteiger partial charge in [0.15, 0.2) is 11.5 Å². The van der Waals surface area contributed by atoms with Crippen LogP contribution >= 0.6 is 11.6 Å². The molecule has 0 amide bonds. The first-order valence-corrected chi connectivity index (χ1v) is 12.0. The van der Waals surface area contributed by atoms with Crippen LogP contribution in [-0.2, 0) is 16.1 Å². The highest BCUT2D eigenvalue weighted by molar-refractivity contribution is 7.99. The Labute approximate surface area is 175 Å². The molecule has 2 atom stereocenters. The highest BCUT2D eigenvalue weighted by Gasteiger charge is 2.31. The van der Waals surface area contributed by atoms with Crippen LogP contribution in [0.25, 0.3) is 11.2 Å². The summed E-state index contributed by atoms with van der Waals surface area (Å²) in [5.74, 6) is 4.46. The van der Waals surface area contributed by atoms with Gasteiger partial charge in [-0.05, 0) is 70.9 Å². The molecule has 0 saturated heterocycles. The van der Waals surface area contributed by atoms with E-state index >= 15 is 0 Å². The molecule has 8 heteroatoms. The van der Waals surface area contributed by atoms with Gasteiger partial charge in [-0.25, -0.2) is 9.97 Å². The summed E-state index contributed by atoms with van der Waals surface area (Å²) < 4.78 is 13.8. The number of nitrogens with one attached hydrogen (secondary N) is 1. The van der Waals surface area contributed by atoms with Crippen molar-refractivity contribution in [3.8, 4) is 0 Å². The van der Waals surface area contributed by atoms with E-state index in [2.05, 4.69) is 21.2 Å². The van der Waals surface area contributed by atoms with Crippen LogP contribution in [0.5, 0.6) is 0 Å². The summed E-state index contributed by atoms with van der Waals surface area (Å²) in [4.78, 5) is 22.7. The molecule has 1 aromatic carbocycles. The van der Waals surface area contributed by atoms with E-state index in [1.807, 2.05) is 19.1 Å². The van der Waals surface area contributed by atoms with Crippen LogP contribution in [0, 0.1) is 5.92 Å². The standard InChI is InChI=1S/C21H23ClN4O2S/c1-13(15-6-7-15)26-20-17(10-11-18(22)25-20)24-19(21(26)27)23-12-14-4-8-16(9-5-14)29(2,3)28/h4-5,8-11,13,15H,2,6-7,12H2,1,3H3,(H,23,24). The highest BCUT2D eigenvalue weighted by atomic mass is 35.5. The SMILES string of the molecule is C=S(C)(=O)c1ccc(CNc2nc3ccc(Cl)nc3n(C(C)C3CC3)c2=O)cc1. The largest absolute Gasteiger partial charge is 0.361 e. The summed E-state index contributed by atoms with van der Waals surface area (Å²) in [6.07, 6.45) is 3.84. The molecule has 29 heavy (non-hydrogen) atoms. The Morgan fingerprint density at radius 1 is 1.24 bits per heavy atom. The van der Waals surface area contributed by atoms with Gasteiger partial charge in [-0.1, -0.05) is 23.7 Å². The average molecular weight is 431 g/mol. The molecule has 0 aliphatic heterocycles. The molecule has 1 aliphatic carbocycles. The number of benzene rings is 1. The van der Waals surface area contributed by atoms with Crippen LogP contribution < -0.4 is 10.9 Å². The van der Waals surface area contributed by atoms with E-state index in [9.17, 15) is 9.00 Å². The average Bonchev–Trinajstić information content (AvgIpc) is 3.51. The van der Waals surface area contributed by atoms with Gasteiger partial charge in [0.2, 0.25) is 0 Å². The zero-order valence-corrected chi connectivity index (χ0v) is 18.0. The van der Waals surface area contributed by atoms with Gasteiger partial charge in [-0.2, -0.15) is 0 Å². The van der Waals surface area contributed by atoms with Crippen molar-refractivity contribution >= 4 is 44.0 Å². The summed E-state index contributed by atoms with van der Waals surface area (Å²) in [5, 5.41) is 3.50. The number of hydrogen-bond donors (Lipinski definition) is 1. The summed E-state index contributed by atoms with van der Waals surface area (Å²) in [7, 11) is -2.24. The molecule has 1 saturated carbocycles. The molecule has 2 unspecified atom stereocenters. The first-order chi connectivity index (χ1) is 13.7. The first kappa shape index (κ1) is 19.9. The molecule has 0 bridgehead atoms. The zero-order valence-electron chi connectivity index (χ0n) is 16.4. The fourth-order valence-corrected chi connectivity index (χ4v) is 4.28. The van der Waals surface area contributed by atoms with Gasteiger partial charge in [0, 0.05) is 23.7 Å². The van der Waals surface area contributed by atoms with Crippen molar-refractivity contribution < 1.29 is 4.21 Å². The zero-order chi connectivity index (χ0) is 20.8. The Kier molecular flexibility index (Phi) is 5.12. The van der Waals surface area contributed by atoms with Gasteiger partial charge >= 0.3 is 0 Å². The van der Waals surface area contributed by atoms with Crippen LogP contribution in [-0.4, -0.2) is 30.9 Å². The lowest BCUT2D eigenvalue weighted by Crippen LogP contribution is -2.29. The Hall–Kier alpha value is -2.38. The molecular formula is C21H23ClN4O2S. The molecule has 6 nitrogen and oxygen atoms in total. The number of hydrogen-bond acceptors (Lipinski definition) is 5. The van der Waals surface area contributed by atoms with Crippen molar-refractivity contribution in [3.05, 3.63) is 57.5 Å². The monoisotopic (exact) mass is 430 g/mol. The predicted octanol–water partition coefficient (Wildman–Crippen LogP) is 3.73. The third-order valence-electron chi connectivity index (χ3n) is 5.30. The van der Waals surface area contributed by atoms with Crippen LogP contribution in [0.2, 0.25) is 5.15 Å². The van der Waals surface area contributed by atoms with E-state index in [1.165, 1.54) is 0 Å². The smallest absolute Gasteiger partial charge is 0.295 e. The van der Waals surface area contributed by atoms with Crippen molar-refractivity contribution in [1.82, 2.24) is 14.5 Å². The number of rotatable bonds is 6. The minimum atomic E-state index is -2.24. The topological polar surface area (TPSA) is 76.9 Å². The summed E-state index contributed by atoms with van der Waals surface area (Å²) >= 11 is 6.07. The molecule has 2 aromatic heterocycles. The minimum absolute atomic E-state index is 0.0357. The second-order valence-corrected chi connectivity index (χ2v) is 10.6. The van der Waals surface area contributed by atoms with Crippen LogP contribution in [0.1, 0.15) is 31.4 Å². The van der Waals surface area contributed by atoms with Crippen molar-refractivity contribution in [2.75, 3.05) is 11.6 Å². The number of aromatic nitrogens is 3. The van der Waals surface area contributed by atoms with Crippen molar-refractivity contribution in [3.63, 3.8) is 0 Å². The Balaban J connectivity index is 1.68. The maximum absolute atomic E-state index is 13.2. The Bertz CT molecular complexity index is 1230. The van der Waals surface area contributed by atoms with Gasteiger partial charge in [-0.3, -0.25) is 13.6 Å². The van der Waals surface area contributed by atoms with E-state index in [1.54, 1.807) is 35.1 Å². The van der Waals surface area contributed by atoms with E-state index in [0.29, 0.717) is 33.7 Å². The van der Waals surface area contributed by atoms with Gasteiger partial charge < -0.3 is 5.32 Å². The lowest BCUT2D eigenvalue weighted by Gasteiger charge is -2.18. The Morgan fingerprint density at radius 3 is 2.55 bits per heavy atom. The van der Waals surface area contributed by atoms with Crippen molar-refractivity contribution in [2.24, 2.45) is 5.92 Å². The lowest BCUT2D eigenvalue weighted by atomic mass is 10.2. The van der Waals surface area contributed by atoms with E-state index in [4.69, 9.17) is 11.6 Å². The molecule has 0 radical (unpaired) electrons. The maximum Gasteiger partial charge on any atom is 0.295 e. The quantitative estimate of drug-likeness (QED) is 0.476. The summed E-state index contributed by atoms with van der Waals surface area (Å²) in [6.45, 7) is 2.47. The number of fused-ring (bicyclic) bond motifs is 1. The van der Waals surface area contributed by atoms with Gasteiger partial charge in [0.05, 0.1) is 0 Å². The third kappa shape index (κ3) is 4.16. The first-order valence-electron chi connectivity index (χ1n) is 9.48. The van der Waals surface area contributed by atoms with Gasteiger partial charge in [0.1, 0.15) is 10.7 Å². The van der Waals surface area contributed by atoms with Crippen LogP contribution in [0.4, 0.5) is 5.82 Å². The number of halogens is 1. The van der Waals surface area contributed by atoms with E-state index < -0.39 is 9.52 Å². The second kappa shape index (κ2) is 7.46. The molecule has 1 aliphatic rings. The fourth-order valence-electron chi connectivity index (χ4n) is 3.42. The Morgan fingerprint density at radius 2 is 1.93 bits per heavy atom. The second-order valence-electron chi connectivity index (χ2n) is 7.69. The van der Waals surface area contributed by atoms with Gasteiger partial charge in [0.25, 0.3) is 5.56 Å². The summed E-state index contributed by atoms with van der Waals surface area (Å²) in [5.41, 5.74) is 1.90. The number of nitrogens with zero attached hydrogens (tertiary/aromatic N) is 3. The molecule has 152 valence electrons. The molecule has 2 heterocycles. The molecule has 1 fully saturated rings. The molecule has 4 rings (SSSR count). The van der Waals surface area contributed by atoms with Crippen LogP contribution in [0.15, 0.2) is 46.1 Å². The molecule has 1 N–H and O–H groups in total. The van der Waals surface area contributed by atoms with Crippen LogP contribution in [0.3, 0.4) is 0 Å².